The minimum absolute atomic E-state index is 0.0240. The van der Waals surface area contributed by atoms with Crippen molar-refractivity contribution in [3.8, 4) is 5.75 Å². The molecule has 7 nitrogen and oxygen atoms in total. The van der Waals surface area contributed by atoms with Gasteiger partial charge < -0.3 is 4.74 Å². The molecule has 1 aromatic carbocycles. The molecule has 0 atom stereocenters. The second-order valence-corrected chi connectivity index (χ2v) is 4.88. The Morgan fingerprint density at radius 2 is 2.00 bits per heavy atom. The van der Waals surface area contributed by atoms with E-state index in [-0.39, 0.29) is 18.2 Å². The average molecular weight is 307 g/mol. The van der Waals surface area contributed by atoms with E-state index in [0.29, 0.717) is 5.75 Å². The van der Waals surface area contributed by atoms with Crippen LogP contribution in [0.2, 0.25) is 0 Å². The molecule has 1 N–H and O–H groups in total. The summed E-state index contributed by atoms with van der Waals surface area (Å²) in [6.07, 6.45) is 4.20. The molecule has 0 saturated heterocycles. The number of hydrogen-bond donors (Lipinski definition) is 1. The lowest BCUT2D eigenvalue weighted by atomic mass is 10.1. The Labute approximate surface area is 129 Å². The van der Waals surface area contributed by atoms with Gasteiger partial charge in [0.2, 0.25) is 0 Å². The first-order valence-corrected chi connectivity index (χ1v) is 7.22. The van der Waals surface area contributed by atoms with Crippen molar-refractivity contribution in [2.45, 2.75) is 39.5 Å². The molecule has 22 heavy (non-hydrogen) atoms. The van der Waals surface area contributed by atoms with Gasteiger partial charge in [-0.25, -0.2) is 5.43 Å². The van der Waals surface area contributed by atoms with E-state index in [1.54, 1.807) is 0 Å². The minimum Gasteiger partial charge on any atom is -0.484 e. The maximum Gasteiger partial charge on any atom is 0.277 e. The number of nitro benzene ring substituents is 1. The van der Waals surface area contributed by atoms with Gasteiger partial charge in [0.05, 0.1) is 4.92 Å². The Balaban J connectivity index is 2.33. The second-order valence-electron chi connectivity index (χ2n) is 4.88. The first-order chi connectivity index (χ1) is 10.5. The normalized spacial score (nSPS) is 11.1. The minimum atomic E-state index is -0.494. The van der Waals surface area contributed by atoms with Crippen molar-refractivity contribution in [1.29, 1.82) is 0 Å². The zero-order valence-corrected chi connectivity index (χ0v) is 12.9. The van der Waals surface area contributed by atoms with Crippen LogP contribution in [0.4, 0.5) is 5.69 Å². The van der Waals surface area contributed by atoms with Crippen LogP contribution in [0.1, 0.15) is 39.5 Å². The summed E-state index contributed by atoms with van der Waals surface area (Å²) in [5, 5.41) is 14.5. The van der Waals surface area contributed by atoms with Crippen molar-refractivity contribution in [2.24, 2.45) is 5.10 Å². The summed E-state index contributed by atoms with van der Waals surface area (Å²) < 4.78 is 5.23. The molecule has 120 valence electrons. The predicted octanol–water partition coefficient (Wildman–Crippen LogP) is 3.05. The molecule has 1 amide bonds. The Kier molecular flexibility index (Phi) is 7.60. The van der Waals surface area contributed by atoms with Crippen molar-refractivity contribution < 1.29 is 14.5 Å². The summed E-state index contributed by atoms with van der Waals surface area (Å²) in [4.78, 5) is 21.6. The number of carbonyl (C=O) groups is 1. The fraction of sp³-hybridized carbons (Fsp3) is 0.467. The number of hydrogen-bond acceptors (Lipinski definition) is 5. The molecule has 0 unspecified atom stereocenters. The van der Waals surface area contributed by atoms with E-state index < -0.39 is 4.92 Å². The number of nitrogens with zero attached hydrogens (tertiary/aromatic N) is 2. The molecule has 0 aliphatic heterocycles. The van der Waals surface area contributed by atoms with Gasteiger partial charge in [0.15, 0.2) is 6.61 Å². The largest absolute Gasteiger partial charge is 0.484 e. The Hall–Kier alpha value is -2.44. The van der Waals surface area contributed by atoms with Gasteiger partial charge in [0.1, 0.15) is 5.75 Å². The number of unbranched alkanes of at least 4 members (excludes halogenated alkanes) is 2. The van der Waals surface area contributed by atoms with E-state index in [2.05, 4.69) is 17.5 Å². The van der Waals surface area contributed by atoms with Gasteiger partial charge in [0, 0.05) is 17.8 Å². The molecule has 0 spiro atoms. The lowest BCUT2D eigenvalue weighted by Crippen LogP contribution is -2.25. The topological polar surface area (TPSA) is 93.8 Å². The summed E-state index contributed by atoms with van der Waals surface area (Å²) in [6.45, 7) is 3.81. The van der Waals surface area contributed by atoms with Crippen LogP contribution in [0.3, 0.4) is 0 Å². The van der Waals surface area contributed by atoms with Crippen LogP contribution in [0.5, 0.6) is 5.75 Å². The van der Waals surface area contributed by atoms with Crippen LogP contribution in [0.25, 0.3) is 0 Å². The molecule has 1 aromatic rings. The zero-order chi connectivity index (χ0) is 16.4. The van der Waals surface area contributed by atoms with E-state index in [4.69, 9.17) is 4.74 Å². The maximum absolute atomic E-state index is 11.6. The molecule has 0 saturated carbocycles. The highest BCUT2D eigenvalue weighted by atomic mass is 16.6. The van der Waals surface area contributed by atoms with E-state index in [1.807, 2.05) is 6.92 Å². The van der Waals surface area contributed by atoms with Crippen LogP contribution in [-0.4, -0.2) is 23.1 Å². The summed E-state index contributed by atoms with van der Waals surface area (Å²) in [6, 6.07) is 5.54. The number of ether oxygens (including phenoxy) is 1. The third-order valence-corrected chi connectivity index (χ3v) is 2.93. The monoisotopic (exact) mass is 307 g/mol. The zero-order valence-electron chi connectivity index (χ0n) is 12.9. The molecule has 0 aliphatic rings. The molecule has 0 fully saturated rings. The van der Waals surface area contributed by atoms with E-state index >= 15 is 0 Å². The predicted molar refractivity (Wildman–Crippen MR) is 84.0 cm³/mol. The Bertz CT molecular complexity index is 526. The fourth-order valence-electron chi connectivity index (χ4n) is 1.69. The van der Waals surface area contributed by atoms with Crippen molar-refractivity contribution in [3.63, 3.8) is 0 Å². The summed E-state index contributed by atoms with van der Waals surface area (Å²) in [5.41, 5.74) is 3.27. The highest BCUT2D eigenvalue weighted by Crippen LogP contribution is 2.16. The molecule has 0 aromatic heterocycles. The van der Waals surface area contributed by atoms with Crippen LogP contribution in [0.15, 0.2) is 29.4 Å². The van der Waals surface area contributed by atoms with Gasteiger partial charge in [0.25, 0.3) is 11.6 Å². The standard InChI is InChI=1S/C15H21N3O4/c1-3-4-5-6-12(2)16-17-15(19)11-22-14-9-7-13(8-10-14)18(20)21/h7-10H,3-6,11H2,1-2H3,(H,17,19)/b16-12+. The van der Waals surface area contributed by atoms with Crippen LogP contribution < -0.4 is 10.2 Å². The third kappa shape index (κ3) is 6.83. The van der Waals surface area contributed by atoms with E-state index in [1.165, 1.54) is 24.3 Å². The molecule has 0 aliphatic carbocycles. The molecule has 0 heterocycles. The van der Waals surface area contributed by atoms with Crippen molar-refractivity contribution in [1.82, 2.24) is 5.43 Å². The Morgan fingerprint density at radius 1 is 1.32 bits per heavy atom. The third-order valence-electron chi connectivity index (χ3n) is 2.93. The lowest BCUT2D eigenvalue weighted by Gasteiger charge is -2.05. The number of nitro groups is 1. The van der Waals surface area contributed by atoms with Crippen LogP contribution in [-0.2, 0) is 4.79 Å². The molecule has 1 rings (SSSR count). The number of rotatable bonds is 9. The number of nitrogens with one attached hydrogen (secondary N) is 1. The van der Waals surface area contributed by atoms with Gasteiger partial charge in [-0.1, -0.05) is 19.8 Å². The van der Waals surface area contributed by atoms with E-state index in [0.717, 1.165) is 31.4 Å². The van der Waals surface area contributed by atoms with Crippen molar-refractivity contribution >= 4 is 17.3 Å². The number of carbonyl (C=O) groups excluding carboxylic acids is 1. The smallest absolute Gasteiger partial charge is 0.277 e. The summed E-state index contributed by atoms with van der Waals surface area (Å²) in [5.74, 6) is 0.0255. The van der Waals surface area contributed by atoms with Crippen molar-refractivity contribution in [3.05, 3.63) is 34.4 Å². The molecule has 7 heteroatoms. The van der Waals surface area contributed by atoms with Gasteiger partial charge in [-0.3, -0.25) is 14.9 Å². The van der Waals surface area contributed by atoms with E-state index in [9.17, 15) is 14.9 Å². The Morgan fingerprint density at radius 3 is 2.59 bits per heavy atom. The number of non-ortho nitro benzene ring substituents is 1. The number of amides is 1. The fourth-order valence-corrected chi connectivity index (χ4v) is 1.69. The summed E-state index contributed by atoms with van der Waals surface area (Å²) in [7, 11) is 0. The first-order valence-electron chi connectivity index (χ1n) is 7.22. The van der Waals surface area contributed by atoms with Gasteiger partial charge >= 0.3 is 0 Å². The maximum atomic E-state index is 11.6. The first kappa shape index (κ1) is 17.6. The van der Waals surface area contributed by atoms with Crippen molar-refractivity contribution in [2.75, 3.05) is 6.61 Å². The van der Waals surface area contributed by atoms with Gasteiger partial charge in [-0.05, 0) is 31.9 Å². The quantitative estimate of drug-likeness (QED) is 0.328. The number of benzene rings is 1. The van der Waals surface area contributed by atoms with Crippen LogP contribution >= 0.6 is 0 Å². The van der Waals surface area contributed by atoms with Gasteiger partial charge in [-0.2, -0.15) is 5.10 Å². The SMILES string of the molecule is CCCCC/C(C)=N/NC(=O)COc1ccc([N+](=O)[O-])cc1. The molecule has 0 radical (unpaired) electrons. The molecule has 0 bridgehead atoms. The number of hydrazone groups is 1. The second kappa shape index (κ2) is 9.49. The lowest BCUT2D eigenvalue weighted by molar-refractivity contribution is -0.384. The highest BCUT2D eigenvalue weighted by Gasteiger charge is 2.06. The van der Waals surface area contributed by atoms with Crippen LogP contribution in [0, 0.1) is 10.1 Å². The highest BCUT2D eigenvalue weighted by molar-refractivity contribution is 5.84. The summed E-state index contributed by atoms with van der Waals surface area (Å²) >= 11 is 0. The van der Waals surface area contributed by atoms with Gasteiger partial charge in [-0.15, -0.1) is 0 Å². The molecular weight excluding hydrogens is 286 g/mol. The molecular formula is C15H21N3O4. The average Bonchev–Trinajstić information content (AvgIpc) is 2.51.